The molecule has 1 amide bonds. The highest BCUT2D eigenvalue weighted by Crippen LogP contribution is 2.32. The Bertz CT molecular complexity index is 1290. The van der Waals surface area contributed by atoms with Crippen molar-refractivity contribution in [3.63, 3.8) is 0 Å². The molecule has 0 bridgehead atoms. The van der Waals surface area contributed by atoms with E-state index in [1.807, 2.05) is 51.1 Å². The number of hydrogen-bond donors (Lipinski definition) is 2. The smallest absolute Gasteiger partial charge is 0.407 e. The van der Waals surface area contributed by atoms with Crippen LogP contribution in [-0.2, 0) is 11.3 Å². The third-order valence-corrected chi connectivity index (χ3v) is 5.57. The Morgan fingerprint density at radius 2 is 1.78 bits per heavy atom. The second-order valence-electron chi connectivity index (χ2n) is 8.44. The van der Waals surface area contributed by atoms with Crippen LogP contribution in [0.1, 0.15) is 20.8 Å². The van der Waals surface area contributed by atoms with Crippen LogP contribution in [-0.4, -0.2) is 27.8 Å². The first kappa shape index (κ1) is 22.2. The summed E-state index contributed by atoms with van der Waals surface area (Å²) in [7, 11) is 0. The van der Waals surface area contributed by atoms with Crippen LogP contribution in [0.15, 0.2) is 54.7 Å². The molecule has 0 radical (unpaired) electrons. The van der Waals surface area contributed by atoms with Gasteiger partial charge in [-0.1, -0.05) is 23.2 Å². The molecule has 0 spiro atoms. The number of amides is 1. The zero-order valence-corrected chi connectivity index (χ0v) is 19.6. The molecule has 166 valence electrons. The van der Waals surface area contributed by atoms with Crippen LogP contribution in [0.3, 0.4) is 0 Å². The van der Waals surface area contributed by atoms with Gasteiger partial charge in [-0.2, -0.15) is 0 Å². The largest absolute Gasteiger partial charge is 0.444 e. The van der Waals surface area contributed by atoms with E-state index in [9.17, 15) is 4.79 Å². The van der Waals surface area contributed by atoms with E-state index in [-0.39, 0.29) is 0 Å². The van der Waals surface area contributed by atoms with Gasteiger partial charge in [-0.3, -0.25) is 4.98 Å². The number of anilines is 2. The first-order valence-electron chi connectivity index (χ1n) is 10.3. The normalized spacial score (nSPS) is 11.7. The number of halogens is 2. The van der Waals surface area contributed by atoms with E-state index in [4.69, 9.17) is 27.9 Å². The molecule has 0 atom stereocenters. The van der Waals surface area contributed by atoms with Gasteiger partial charge in [0.1, 0.15) is 5.60 Å². The average molecular weight is 471 g/mol. The minimum atomic E-state index is -0.529. The number of nitrogens with zero attached hydrogens (tertiary/aromatic N) is 2. The lowest BCUT2D eigenvalue weighted by Crippen LogP contribution is -2.34. The predicted octanol–water partition coefficient (Wildman–Crippen LogP) is 6.76. The molecule has 2 heterocycles. The quantitative estimate of drug-likeness (QED) is 0.337. The number of pyridine rings is 1. The predicted molar refractivity (Wildman–Crippen MR) is 131 cm³/mol. The fourth-order valence-corrected chi connectivity index (χ4v) is 3.85. The molecular formula is C24H24Cl2N4O2. The topological polar surface area (TPSA) is 68.2 Å². The number of carbonyl (C=O) groups is 1. The first-order chi connectivity index (χ1) is 15.2. The summed E-state index contributed by atoms with van der Waals surface area (Å²) >= 11 is 12.2. The highest BCUT2D eigenvalue weighted by atomic mass is 35.5. The highest BCUT2D eigenvalue weighted by Gasteiger charge is 2.16. The number of aromatic nitrogens is 2. The van der Waals surface area contributed by atoms with Crippen molar-refractivity contribution in [1.29, 1.82) is 0 Å². The SMILES string of the molecule is CC(C)(C)OC(=O)NCCn1c2ccc(Nc3ccc(Cl)c(Cl)c3)cc2c2ncccc21. The van der Waals surface area contributed by atoms with Crippen LogP contribution in [0.25, 0.3) is 21.9 Å². The maximum atomic E-state index is 12.0. The minimum Gasteiger partial charge on any atom is -0.444 e. The van der Waals surface area contributed by atoms with E-state index in [1.165, 1.54) is 0 Å². The fraction of sp³-hybridized carbons (Fsp3) is 0.250. The van der Waals surface area contributed by atoms with Crippen molar-refractivity contribution in [3.8, 4) is 0 Å². The number of hydrogen-bond acceptors (Lipinski definition) is 4. The standard InChI is InChI=1S/C24H24Cl2N4O2/c1-24(2,3)32-23(31)28-11-12-30-20-9-7-15(29-16-6-8-18(25)19(26)14-16)13-17(20)22-21(30)5-4-10-27-22/h4-10,13-14,29H,11-12H2,1-3H3,(H,28,31). The minimum absolute atomic E-state index is 0.426. The maximum absolute atomic E-state index is 12.0. The highest BCUT2D eigenvalue weighted by molar-refractivity contribution is 6.42. The summed E-state index contributed by atoms with van der Waals surface area (Å²) in [6.07, 6.45) is 1.36. The zero-order valence-electron chi connectivity index (χ0n) is 18.1. The van der Waals surface area contributed by atoms with Gasteiger partial charge < -0.3 is 19.9 Å². The van der Waals surface area contributed by atoms with Gasteiger partial charge in [0, 0.05) is 36.0 Å². The monoisotopic (exact) mass is 470 g/mol. The van der Waals surface area contributed by atoms with Crippen molar-refractivity contribution in [1.82, 2.24) is 14.9 Å². The second-order valence-corrected chi connectivity index (χ2v) is 9.25. The summed E-state index contributed by atoms with van der Waals surface area (Å²) in [5.41, 5.74) is 4.16. The van der Waals surface area contributed by atoms with Crippen LogP contribution in [0.5, 0.6) is 0 Å². The van der Waals surface area contributed by atoms with Crippen molar-refractivity contribution < 1.29 is 9.53 Å². The molecule has 32 heavy (non-hydrogen) atoms. The van der Waals surface area contributed by atoms with Crippen LogP contribution >= 0.6 is 23.2 Å². The molecule has 0 unspecified atom stereocenters. The fourth-order valence-electron chi connectivity index (χ4n) is 3.56. The lowest BCUT2D eigenvalue weighted by atomic mass is 10.2. The van der Waals surface area contributed by atoms with Crippen LogP contribution < -0.4 is 10.6 Å². The van der Waals surface area contributed by atoms with Gasteiger partial charge in [-0.25, -0.2) is 4.79 Å². The van der Waals surface area contributed by atoms with Gasteiger partial charge in [0.15, 0.2) is 0 Å². The molecule has 0 saturated carbocycles. The average Bonchev–Trinajstić information content (AvgIpc) is 3.03. The molecule has 2 N–H and O–H groups in total. The summed E-state index contributed by atoms with van der Waals surface area (Å²) in [4.78, 5) is 16.6. The number of ether oxygens (including phenoxy) is 1. The molecule has 2 aromatic heterocycles. The summed E-state index contributed by atoms with van der Waals surface area (Å²) in [6.45, 7) is 6.55. The molecular weight excluding hydrogens is 447 g/mol. The molecule has 0 aliphatic rings. The van der Waals surface area contributed by atoms with Crippen molar-refractivity contribution in [3.05, 3.63) is 64.8 Å². The Morgan fingerprint density at radius 1 is 1.03 bits per heavy atom. The number of carbonyl (C=O) groups excluding carboxylic acids is 1. The molecule has 0 fully saturated rings. The molecule has 4 rings (SSSR count). The van der Waals surface area contributed by atoms with Crippen LogP contribution in [0.4, 0.5) is 16.2 Å². The van der Waals surface area contributed by atoms with E-state index in [0.29, 0.717) is 23.1 Å². The van der Waals surface area contributed by atoms with Crippen LogP contribution in [0.2, 0.25) is 10.0 Å². The second kappa shape index (κ2) is 8.88. The van der Waals surface area contributed by atoms with Crippen molar-refractivity contribution >= 4 is 62.6 Å². The third-order valence-electron chi connectivity index (χ3n) is 4.83. The Morgan fingerprint density at radius 3 is 2.53 bits per heavy atom. The summed E-state index contributed by atoms with van der Waals surface area (Å²) in [5, 5.41) is 8.21. The van der Waals surface area contributed by atoms with Gasteiger partial charge in [0.05, 0.1) is 26.6 Å². The molecule has 0 saturated heterocycles. The number of nitrogens with one attached hydrogen (secondary N) is 2. The Labute approximate surface area is 196 Å². The van der Waals surface area contributed by atoms with Crippen molar-refractivity contribution in [2.75, 3.05) is 11.9 Å². The number of benzene rings is 2. The van der Waals surface area contributed by atoms with E-state index < -0.39 is 11.7 Å². The van der Waals surface area contributed by atoms with Gasteiger partial charge in [0.2, 0.25) is 0 Å². The molecule has 0 aliphatic heterocycles. The maximum Gasteiger partial charge on any atom is 0.407 e. The van der Waals surface area contributed by atoms with Crippen LogP contribution in [0, 0.1) is 0 Å². The lowest BCUT2D eigenvalue weighted by molar-refractivity contribution is 0.0526. The summed E-state index contributed by atoms with van der Waals surface area (Å²) in [6, 6.07) is 15.5. The molecule has 0 aliphatic carbocycles. The van der Waals surface area contributed by atoms with E-state index in [2.05, 4.69) is 26.3 Å². The van der Waals surface area contributed by atoms with Gasteiger partial charge in [-0.15, -0.1) is 0 Å². The zero-order chi connectivity index (χ0) is 22.9. The molecule has 6 nitrogen and oxygen atoms in total. The Kier molecular flexibility index (Phi) is 6.17. The van der Waals surface area contributed by atoms with Gasteiger partial charge >= 0.3 is 6.09 Å². The molecule has 4 aromatic rings. The van der Waals surface area contributed by atoms with E-state index in [0.717, 1.165) is 33.3 Å². The van der Waals surface area contributed by atoms with Gasteiger partial charge in [-0.05, 0) is 69.3 Å². The number of alkyl carbamates (subject to hydrolysis) is 1. The summed E-state index contributed by atoms with van der Waals surface area (Å²) in [5.74, 6) is 0. The molecule has 2 aromatic carbocycles. The van der Waals surface area contributed by atoms with E-state index in [1.54, 1.807) is 18.3 Å². The Hall–Kier alpha value is -2.96. The third kappa shape index (κ3) is 4.92. The van der Waals surface area contributed by atoms with Crippen molar-refractivity contribution in [2.45, 2.75) is 32.9 Å². The lowest BCUT2D eigenvalue weighted by Gasteiger charge is -2.19. The first-order valence-corrected chi connectivity index (χ1v) is 11.0. The van der Waals surface area contributed by atoms with Gasteiger partial charge in [0.25, 0.3) is 0 Å². The molecule has 8 heteroatoms. The number of fused-ring (bicyclic) bond motifs is 3. The summed E-state index contributed by atoms with van der Waals surface area (Å²) < 4.78 is 7.47. The number of rotatable bonds is 5. The van der Waals surface area contributed by atoms with Crippen molar-refractivity contribution in [2.24, 2.45) is 0 Å². The van der Waals surface area contributed by atoms with E-state index >= 15 is 0 Å². The Balaban J connectivity index is 1.60.